The Hall–Kier alpha value is -1.22. The average molecular weight is 266 g/mol. The maximum Gasteiger partial charge on any atom is 0.161 e. The van der Waals surface area contributed by atoms with Crippen LogP contribution in [-0.4, -0.2) is 18.3 Å². The summed E-state index contributed by atoms with van der Waals surface area (Å²) in [4.78, 5) is 0. The Morgan fingerprint density at radius 2 is 1.68 bits per heavy atom. The van der Waals surface area contributed by atoms with Crippen LogP contribution in [0.25, 0.3) is 0 Å². The Kier molecular flexibility index (Phi) is 6.71. The highest BCUT2D eigenvalue weighted by molar-refractivity contribution is 5.43. The van der Waals surface area contributed by atoms with Crippen LogP contribution >= 0.6 is 0 Å². The van der Waals surface area contributed by atoms with E-state index < -0.39 is 6.10 Å². The fourth-order valence-corrected chi connectivity index (χ4v) is 2.19. The van der Waals surface area contributed by atoms with Crippen LogP contribution in [0.2, 0.25) is 0 Å². The number of hydrogen-bond acceptors (Lipinski definition) is 3. The number of rotatable bonds is 8. The summed E-state index contributed by atoms with van der Waals surface area (Å²) in [6.45, 7) is 9.29. The molecular weight excluding hydrogens is 240 g/mol. The Morgan fingerprint density at radius 1 is 1.05 bits per heavy atom. The third-order valence-corrected chi connectivity index (χ3v) is 3.19. The third-order valence-electron chi connectivity index (χ3n) is 3.19. The second-order valence-corrected chi connectivity index (χ2v) is 4.78. The van der Waals surface area contributed by atoms with Crippen LogP contribution in [0.3, 0.4) is 0 Å². The van der Waals surface area contributed by atoms with Crippen molar-refractivity contribution in [1.29, 1.82) is 0 Å². The van der Waals surface area contributed by atoms with Crippen LogP contribution in [0.15, 0.2) is 18.2 Å². The second kappa shape index (κ2) is 8.05. The summed E-state index contributed by atoms with van der Waals surface area (Å²) in [5.41, 5.74) is 0.896. The number of benzene rings is 1. The van der Waals surface area contributed by atoms with E-state index in [0.717, 1.165) is 24.2 Å². The topological polar surface area (TPSA) is 38.7 Å². The molecule has 0 saturated carbocycles. The van der Waals surface area contributed by atoms with Gasteiger partial charge in [-0.15, -0.1) is 0 Å². The van der Waals surface area contributed by atoms with Crippen molar-refractivity contribution in [2.24, 2.45) is 5.92 Å². The Labute approximate surface area is 116 Å². The molecule has 0 aliphatic rings. The van der Waals surface area contributed by atoms with Crippen molar-refractivity contribution in [1.82, 2.24) is 0 Å². The first-order valence-electron chi connectivity index (χ1n) is 7.21. The van der Waals surface area contributed by atoms with E-state index >= 15 is 0 Å². The fourth-order valence-electron chi connectivity index (χ4n) is 2.19. The van der Waals surface area contributed by atoms with Gasteiger partial charge in [-0.05, 0) is 43.9 Å². The van der Waals surface area contributed by atoms with E-state index in [2.05, 4.69) is 13.8 Å². The molecular formula is C16H26O3. The zero-order valence-corrected chi connectivity index (χ0v) is 12.5. The van der Waals surface area contributed by atoms with Crippen LogP contribution in [0.1, 0.15) is 52.2 Å². The fraction of sp³-hybridized carbons (Fsp3) is 0.625. The van der Waals surface area contributed by atoms with E-state index in [1.54, 1.807) is 0 Å². The predicted octanol–water partition coefficient (Wildman–Crippen LogP) is 3.95. The lowest BCUT2D eigenvalue weighted by atomic mass is 9.93. The number of hydrogen-bond donors (Lipinski definition) is 1. The summed E-state index contributed by atoms with van der Waals surface area (Å²) >= 11 is 0. The lowest BCUT2D eigenvalue weighted by Gasteiger charge is -2.20. The molecule has 19 heavy (non-hydrogen) atoms. The van der Waals surface area contributed by atoms with Gasteiger partial charge in [0.15, 0.2) is 11.5 Å². The van der Waals surface area contributed by atoms with E-state index in [4.69, 9.17) is 9.47 Å². The largest absolute Gasteiger partial charge is 0.490 e. The van der Waals surface area contributed by atoms with Crippen molar-refractivity contribution in [3.05, 3.63) is 23.8 Å². The summed E-state index contributed by atoms with van der Waals surface area (Å²) in [6, 6.07) is 5.70. The molecule has 0 aliphatic carbocycles. The summed E-state index contributed by atoms with van der Waals surface area (Å²) in [6.07, 6.45) is 1.64. The van der Waals surface area contributed by atoms with Crippen LogP contribution < -0.4 is 9.47 Å². The van der Waals surface area contributed by atoms with Crippen molar-refractivity contribution >= 4 is 0 Å². The van der Waals surface area contributed by atoms with Gasteiger partial charge in [0.25, 0.3) is 0 Å². The van der Waals surface area contributed by atoms with Crippen molar-refractivity contribution in [3.8, 4) is 11.5 Å². The first-order chi connectivity index (χ1) is 9.13. The van der Waals surface area contributed by atoms with Gasteiger partial charge in [0.2, 0.25) is 0 Å². The molecule has 0 aromatic heterocycles. The highest BCUT2D eigenvalue weighted by Crippen LogP contribution is 2.33. The molecule has 1 aromatic rings. The Morgan fingerprint density at radius 3 is 2.26 bits per heavy atom. The monoisotopic (exact) mass is 266 g/mol. The lowest BCUT2D eigenvalue weighted by molar-refractivity contribution is 0.112. The van der Waals surface area contributed by atoms with Crippen LogP contribution in [0.4, 0.5) is 0 Å². The molecule has 1 rings (SSSR count). The third kappa shape index (κ3) is 4.43. The zero-order valence-electron chi connectivity index (χ0n) is 12.5. The highest BCUT2D eigenvalue weighted by atomic mass is 16.5. The first-order valence-corrected chi connectivity index (χ1v) is 7.21. The molecule has 1 aromatic carbocycles. The predicted molar refractivity (Wildman–Crippen MR) is 77.8 cm³/mol. The van der Waals surface area contributed by atoms with Gasteiger partial charge < -0.3 is 14.6 Å². The molecule has 0 fully saturated rings. The minimum Gasteiger partial charge on any atom is -0.490 e. The average Bonchev–Trinajstić information content (AvgIpc) is 2.40. The lowest BCUT2D eigenvalue weighted by Crippen LogP contribution is -2.09. The summed E-state index contributed by atoms with van der Waals surface area (Å²) in [7, 11) is 0. The molecule has 3 nitrogen and oxygen atoms in total. The van der Waals surface area contributed by atoms with Gasteiger partial charge in [0, 0.05) is 0 Å². The molecule has 0 heterocycles. The van der Waals surface area contributed by atoms with E-state index in [9.17, 15) is 5.11 Å². The molecule has 0 radical (unpaired) electrons. The molecule has 2 unspecified atom stereocenters. The zero-order chi connectivity index (χ0) is 14.3. The molecule has 2 atom stereocenters. The van der Waals surface area contributed by atoms with Crippen LogP contribution in [-0.2, 0) is 0 Å². The van der Waals surface area contributed by atoms with E-state index in [1.165, 1.54) is 0 Å². The van der Waals surface area contributed by atoms with Crippen molar-refractivity contribution < 1.29 is 14.6 Å². The van der Waals surface area contributed by atoms with Gasteiger partial charge >= 0.3 is 0 Å². The molecule has 3 heteroatoms. The molecule has 0 bridgehead atoms. The molecule has 1 N–H and O–H groups in total. The minimum atomic E-state index is -0.449. The van der Waals surface area contributed by atoms with E-state index in [0.29, 0.717) is 19.0 Å². The molecule has 0 saturated heterocycles. The number of aliphatic hydroxyl groups is 1. The van der Waals surface area contributed by atoms with E-state index in [-0.39, 0.29) is 5.92 Å². The van der Waals surface area contributed by atoms with E-state index in [1.807, 2.05) is 32.0 Å². The quantitative estimate of drug-likeness (QED) is 0.774. The standard InChI is InChI=1S/C16H26O3/c1-5-8-12(4)16(17)13-9-10-14(18-6-2)15(11-13)19-7-3/h9-12,16-17H,5-8H2,1-4H3. The minimum absolute atomic E-state index is 0.248. The van der Waals surface area contributed by atoms with Crippen molar-refractivity contribution in [2.45, 2.75) is 46.6 Å². The Bertz CT molecular complexity index is 376. The maximum atomic E-state index is 10.3. The van der Waals surface area contributed by atoms with Gasteiger partial charge in [-0.2, -0.15) is 0 Å². The van der Waals surface area contributed by atoms with Gasteiger partial charge in [-0.1, -0.05) is 26.3 Å². The molecule has 0 spiro atoms. The normalized spacial score (nSPS) is 13.9. The summed E-state index contributed by atoms with van der Waals surface area (Å²) in [5, 5.41) is 10.3. The second-order valence-electron chi connectivity index (χ2n) is 4.78. The van der Waals surface area contributed by atoms with Gasteiger partial charge in [0.1, 0.15) is 0 Å². The maximum absolute atomic E-state index is 10.3. The van der Waals surface area contributed by atoms with Crippen LogP contribution in [0, 0.1) is 5.92 Å². The first kappa shape index (κ1) is 15.8. The van der Waals surface area contributed by atoms with Crippen molar-refractivity contribution in [3.63, 3.8) is 0 Å². The number of ether oxygens (including phenoxy) is 2. The summed E-state index contributed by atoms with van der Waals surface area (Å²) < 4.78 is 11.1. The highest BCUT2D eigenvalue weighted by Gasteiger charge is 2.17. The SMILES string of the molecule is CCCC(C)C(O)c1ccc(OCC)c(OCC)c1. The van der Waals surface area contributed by atoms with Gasteiger partial charge in [-0.3, -0.25) is 0 Å². The molecule has 0 aliphatic heterocycles. The summed E-state index contributed by atoms with van der Waals surface area (Å²) in [5.74, 6) is 1.70. The van der Waals surface area contributed by atoms with Gasteiger partial charge in [-0.25, -0.2) is 0 Å². The number of aliphatic hydroxyl groups excluding tert-OH is 1. The molecule has 108 valence electrons. The van der Waals surface area contributed by atoms with Crippen LogP contribution in [0.5, 0.6) is 11.5 Å². The van der Waals surface area contributed by atoms with Crippen molar-refractivity contribution in [2.75, 3.05) is 13.2 Å². The van der Waals surface area contributed by atoms with Gasteiger partial charge in [0.05, 0.1) is 19.3 Å². The molecule has 0 amide bonds. The smallest absolute Gasteiger partial charge is 0.161 e. The Balaban J connectivity index is 2.93.